The van der Waals surface area contributed by atoms with Gasteiger partial charge in [0.15, 0.2) is 0 Å². The maximum Gasteiger partial charge on any atom is 0.271 e. The normalized spacial score (nSPS) is 11.4. The van der Waals surface area contributed by atoms with E-state index in [2.05, 4.69) is 35.9 Å². The third-order valence-electron chi connectivity index (χ3n) is 4.02. The molecule has 2 heterocycles. The summed E-state index contributed by atoms with van der Waals surface area (Å²) in [7, 11) is 0. The van der Waals surface area contributed by atoms with E-state index in [-0.39, 0.29) is 5.91 Å². The van der Waals surface area contributed by atoms with Crippen molar-refractivity contribution in [3.63, 3.8) is 0 Å². The quantitative estimate of drug-likeness (QED) is 0.558. The van der Waals surface area contributed by atoms with Gasteiger partial charge in [0, 0.05) is 47.1 Å². The Kier molecular flexibility index (Phi) is 4.84. The first-order chi connectivity index (χ1) is 12.0. The molecule has 0 spiro atoms. The van der Waals surface area contributed by atoms with Crippen LogP contribution in [-0.2, 0) is 0 Å². The molecule has 0 saturated heterocycles. The molecule has 1 aromatic carbocycles. The van der Waals surface area contributed by atoms with Crippen LogP contribution in [0.25, 0.3) is 5.69 Å². The van der Waals surface area contributed by atoms with E-state index in [1.54, 1.807) is 12.3 Å². The Balaban J connectivity index is 1.68. The van der Waals surface area contributed by atoms with Gasteiger partial charge in [-0.3, -0.25) is 4.79 Å². The second kappa shape index (κ2) is 7.21. The van der Waals surface area contributed by atoms with Crippen molar-refractivity contribution in [3.8, 4) is 5.69 Å². The molecule has 3 rings (SSSR count). The summed E-state index contributed by atoms with van der Waals surface area (Å²) in [5, 5.41) is 4.08. The Hall–Kier alpha value is -3.08. The summed E-state index contributed by atoms with van der Waals surface area (Å²) in [6.45, 7) is 6.32. The van der Waals surface area contributed by atoms with Crippen LogP contribution in [0.4, 0.5) is 0 Å². The lowest BCUT2D eigenvalue weighted by Gasteiger charge is -2.08. The van der Waals surface area contributed by atoms with E-state index >= 15 is 0 Å². The van der Waals surface area contributed by atoms with E-state index in [0.717, 1.165) is 11.3 Å². The van der Waals surface area contributed by atoms with Crippen LogP contribution in [0.3, 0.4) is 0 Å². The smallest absolute Gasteiger partial charge is 0.271 e. The molecule has 0 radical (unpaired) electrons. The van der Waals surface area contributed by atoms with E-state index in [4.69, 9.17) is 0 Å². The Labute approximate surface area is 147 Å². The lowest BCUT2D eigenvalue weighted by Crippen LogP contribution is -2.17. The van der Waals surface area contributed by atoms with Crippen molar-refractivity contribution in [2.75, 3.05) is 0 Å². The minimum Gasteiger partial charge on any atom is -0.349 e. The number of aryl methyl sites for hydroxylation is 1. The highest BCUT2D eigenvalue weighted by atomic mass is 16.2. The van der Waals surface area contributed by atoms with E-state index in [1.807, 2.05) is 59.6 Å². The molecule has 0 fully saturated rings. The van der Waals surface area contributed by atoms with Gasteiger partial charge < -0.3 is 9.13 Å². The monoisotopic (exact) mass is 334 g/mol. The highest BCUT2D eigenvalue weighted by Gasteiger charge is 2.06. The molecule has 0 bridgehead atoms. The van der Waals surface area contributed by atoms with Crippen LogP contribution in [0.15, 0.2) is 66.2 Å². The number of carbonyl (C=O) groups is 1. The third-order valence-corrected chi connectivity index (χ3v) is 4.02. The van der Waals surface area contributed by atoms with Gasteiger partial charge in [0.05, 0.1) is 6.21 Å². The van der Waals surface area contributed by atoms with Gasteiger partial charge in [-0.2, -0.15) is 5.10 Å². The van der Waals surface area contributed by atoms with Gasteiger partial charge >= 0.3 is 0 Å². The summed E-state index contributed by atoms with van der Waals surface area (Å²) in [6, 6.07) is 13.8. The van der Waals surface area contributed by atoms with Gasteiger partial charge in [-0.15, -0.1) is 0 Å². The lowest BCUT2D eigenvalue weighted by atomic mass is 10.2. The highest BCUT2D eigenvalue weighted by molar-refractivity contribution is 5.95. The first-order valence-electron chi connectivity index (χ1n) is 8.30. The number of benzene rings is 1. The zero-order chi connectivity index (χ0) is 17.8. The van der Waals surface area contributed by atoms with Gasteiger partial charge in [-0.25, -0.2) is 5.43 Å². The van der Waals surface area contributed by atoms with Crippen molar-refractivity contribution in [1.82, 2.24) is 14.6 Å². The average Bonchev–Trinajstić information content (AvgIpc) is 3.24. The van der Waals surface area contributed by atoms with Gasteiger partial charge in [0.25, 0.3) is 5.91 Å². The highest BCUT2D eigenvalue weighted by Crippen LogP contribution is 2.13. The van der Waals surface area contributed by atoms with Crippen LogP contribution in [0.1, 0.15) is 41.5 Å². The Morgan fingerprint density at radius 3 is 2.60 bits per heavy atom. The van der Waals surface area contributed by atoms with Gasteiger partial charge in [0.2, 0.25) is 0 Å². The Morgan fingerprint density at radius 1 is 1.16 bits per heavy atom. The van der Waals surface area contributed by atoms with Crippen LogP contribution < -0.4 is 5.43 Å². The molecule has 5 nitrogen and oxygen atoms in total. The molecule has 3 aromatic rings. The molecule has 2 aromatic heterocycles. The zero-order valence-electron chi connectivity index (χ0n) is 14.7. The molecule has 128 valence electrons. The molecule has 1 amide bonds. The molecule has 0 aliphatic rings. The Bertz CT molecular complexity index is 888. The molecule has 1 N–H and O–H groups in total. The van der Waals surface area contributed by atoms with Crippen molar-refractivity contribution < 1.29 is 4.79 Å². The molecule has 0 saturated carbocycles. The SMILES string of the molecule is Cc1cc(/C=N/NC(=O)c2cccc(-n3cccc3)c2)cn1C(C)C. The fraction of sp³-hybridized carbons (Fsp3) is 0.200. The summed E-state index contributed by atoms with van der Waals surface area (Å²) >= 11 is 0. The van der Waals surface area contributed by atoms with E-state index in [9.17, 15) is 4.79 Å². The Morgan fingerprint density at radius 2 is 1.92 bits per heavy atom. The van der Waals surface area contributed by atoms with Crippen LogP contribution in [0, 0.1) is 6.92 Å². The molecular formula is C20H22N4O. The van der Waals surface area contributed by atoms with E-state index in [1.165, 1.54) is 5.69 Å². The van der Waals surface area contributed by atoms with E-state index < -0.39 is 0 Å². The number of carbonyl (C=O) groups excluding carboxylic acids is 1. The zero-order valence-corrected chi connectivity index (χ0v) is 14.7. The summed E-state index contributed by atoms with van der Waals surface area (Å²) in [4.78, 5) is 12.3. The van der Waals surface area contributed by atoms with Crippen LogP contribution in [0.2, 0.25) is 0 Å². The number of nitrogens with one attached hydrogen (secondary N) is 1. The number of rotatable bonds is 5. The standard InChI is InChI=1S/C20H22N4O/c1-15(2)24-14-17(11-16(24)3)13-21-22-20(25)18-7-6-8-19(12-18)23-9-4-5-10-23/h4-15H,1-3H3,(H,22,25)/b21-13+. The summed E-state index contributed by atoms with van der Waals surface area (Å²) in [5.74, 6) is -0.231. The average molecular weight is 334 g/mol. The number of aromatic nitrogens is 2. The number of nitrogens with zero attached hydrogens (tertiary/aromatic N) is 3. The van der Waals surface area contributed by atoms with Gasteiger partial charge in [0.1, 0.15) is 0 Å². The molecule has 0 unspecified atom stereocenters. The van der Waals surface area contributed by atoms with Crippen molar-refractivity contribution in [2.45, 2.75) is 26.8 Å². The van der Waals surface area contributed by atoms with Crippen LogP contribution in [0.5, 0.6) is 0 Å². The predicted molar refractivity (Wildman–Crippen MR) is 100 cm³/mol. The summed E-state index contributed by atoms with van der Waals surface area (Å²) < 4.78 is 4.13. The molecule has 0 aliphatic heterocycles. The first kappa shape index (κ1) is 16.8. The summed E-state index contributed by atoms with van der Waals surface area (Å²) in [6.07, 6.45) is 7.58. The fourth-order valence-electron chi connectivity index (χ4n) is 2.79. The van der Waals surface area contributed by atoms with Crippen molar-refractivity contribution >= 4 is 12.1 Å². The second-order valence-corrected chi connectivity index (χ2v) is 6.26. The lowest BCUT2D eigenvalue weighted by molar-refractivity contribution is 0.0955. The fourth-order valence-corrected chi connectivity index (χ4v) is 2.79. The number of hydrogen-bond donors (Lipinski definition) is 1. The molecule has 5 heteroatoms. The van der Waals surface area contributed by atoms with Crippen LogP contribution in [-0.4, -0.2) is 21.3 Å². The van der Waals surface area contributed by atoms with Crippen molar-refractivity contribution in [1.29, 1.82) is 0 Å². The first-order valence-corrected chi connectivity index (χ1v) is 8.30. The molecule has 0 aliphatic carbocycles. The number of hydrogen-bond acceptors (Lipinski definition) is 2. The van der Waals surface area contributed by atoms with Crippen LogP contribution >= 0.6 is 0 Å². The van der Waals surface area contributed by atoms with Gasteiger partial charge in [-0.1, -0.05) is 6.07 Å². The predicted octanol–water partition coefficient (Wildman–Crippen LogP) is 3.93. The van der Waals surface area contributed by atoms with Crippen molar-refractivity contribution in [2.24, 2.45) is 5.10 Å². The minimum atomic E-state index is -0.231. The number of hydrazone groups is 1. The third kappa shape index (κ3) is 3.88. The number of amides is 1. The largest absolute Gasteiger partial charge is 0.349 e. The maximum absolute atomic E-state index is 12.3. The topological polar surface area (TPSA) is 51.3 Å². The van der Waals surface area contributed by atoms with Crippen molar-refractivity contribution in [3.05, 3.63) is 77.9 Å². The molecule has 25 heavy (non-hydrogen) atoms. The summed E-state index contributed by atoms with van der Waals surface area (Å²) in [5.41, 5.74) is 6.23. The minimum absolute atomic E-state index is 0.231. The second-order valence-electron chi connectivity index (χ2n) is 6.26. The molecular weight excluding hydrogens is 312 g/mol. The molecule has 0 atom stereocenters. The van der Waals surface area contributed by atoms with Gasteiger partial charge in [-0.05, 0) is 57.2 Å². The van der Waals surface area contributed by atoms with E-state index in [0.29, 0.717) is 11.6 Å². The maximum atomic E-state index is 12.3.